The lowest BCUT2D eigenvalue weighted by molar-refractivity contribution is 0.287. The Morgan fingerprint density at radius 3 is 2.80 bits per heavy atom. The second-order valence-electron chi connectivity index (χ2n) is 4.40. The Labute approximate surface area is 123 Å². The van der Waals surface area contributed by atoms with E-state index in [0.29, 0.717) is 6.61 Å². The van der Waals surface area contributed by atoms with E-state index in [1.165, 1.54) is 5.56 Å². The van der Waals surface area contributed by atoms with Crippen LogP contribution in [-0.4, -0.2) is 18.6 Å². The Morgan fingerprint density at radius 1 is 1.30 bits per heavy atom. The highest BCUT2D eigenvalue weighted by atomic mass is 32.1. The third-order valence-electron chi connectivity index (χ3n) is 2.85. The van der Waals surface area contributed by atoms with E-state index in [1.807, 2.05) is 25.3 Å². The highest BCUT2D eigenvalue weighted by molar-refractivity contribution is 7.11. The summed E-state index contributed by atoms with van der Waals surface area (Å²) in [5, 5.41) is 4.35. The minimum absolute atomic E-state index is 0.522. The molecule has 1 aromatic heterocycles. The van der Waals surface area contributed by atoms with Gasteiger partial charge < -0.3 is 14.8 Å². The number of rotatable bonds is 7. The summed E-state index contributed by atoms with van der Waals surface area (Å²) in [6.07, 6.45) is 1.85. The van der Waals surface area contributed by atoms with E-state index in [9.17, 15) is 0 Å². The van der Waals surface area contributed by atoms with Gasteiger partial charge in [-0.05, 0) is 31.2 Å². The molecule has 0 aliphatic carbocycles. The molecule has 1 heterocycles. The summed E-state index contributed by atoms with van der Waals surface area (Å²) in [7, 11) is 1.66. The Kier molecular flexibility index (Phi) is 5.38. The second kappa shape index (κ2) is 7.26. The number of nitrogens with zero attached hydrogens (tertiary/aromatic N) is 1. The van der Waals surface area contributed by atoms with Gasteiger partial charge in [0.25, 0.3) is 0 Å². The molecule has 0 bridgehead atoms. The van der Waals surface area contributed by atoms with E-state index >= 15 is 0 Å². The first-order chi connectivity index (χ1) is 9.72. The van der Waals surface area contributed by atoms with Crippen LogP contribution in [0.4, 0.5) is 0 Å². The van der Waals surface area contributed by atoms with Crippen molar-refractivity contribution >= 4 is 11.3 Å². The van der Waals surface area contributed by atoms with Gasteiger partial charge in [-0.3, -0.25) is 0 Å². The molecule has 0 unspecified atom stereocenters. The van der Waals surface area contributed by atoms with Crippen LogP contribution in [0.15, 0.2) is 24.4 Å². The fourth-order valence-electron chi connectivity index (χ4n) is 1.83. The number of ether oxygens (including phenoxy) is 2. The summed E-state index contributed by atoms with van der Waals surface area (Å²) >= 11 is 1.65. The van der Waals surface area contributed by atoms with Crippen LogP contribution in [0.25, 0.3) is 0 Å². The zero-order chi connectivity index (χ0) is 14.4. The first-order valence-electron chi connectivity index (χ1n) is 6.64. The van der Waals surface area contributed by atoms with Gasteiger partial charge in [0.2, 0.25) is 0 Å². The molecule has 0 saturated heterocycles. The zero-order valence-corrected chi connectivity index (χ0v) is 12.9. The summed E-state index contributed by atoms with van der Waals surface area (Å²) in [6.45, 7) is 6.39. The molecule has 20 heavy (non-hydrogen) atoms. The van der Waals surface area contributed by atoms with Crippen LogP contribution in [0.3, 0.4) is 0 Å². The highest BCUT2D eigenvalue weighted by Gasteiger charge is 2.07. The zero-order valence-electron chi connectivity index (χ0n) is 12.1. The van der Waals surface area contributed by atoms with E-state index < -0.39 is 0 Å². The average molecular weight is 292 g/mol. The van der Waals surface area contributed by atoms with E-state index in [0.717, 1.165) is 34.5 Å². The van der Waals surface area contributed by atoms with Crippen molar-refractivity contribution in [1.82, 2.24) is 10.3 Å². The first-order valence-corrected chi connectivity index (χ1v) is 7.46. The maximum absolute atomic E-state index is 5.81. The maximum atomic E-state index is 5.81. The van der Waals surface area contributed by atoms with Crippen LogP contribution in [0.1, 0.15) is 22.4 Å². The van der Waals surface area contributed by atoms with E-state index in [2.05, 4.69) is 23.3 Å². The second-order valence-corrected chi connectivity index (χ2v) is 5.72. The molecular weight excluding hydrogens is 272 g/mol. The molecule has 0 atom stereocenters. The third-order valence-corrected chi connectivity index (χ3v) is 3.73. The molecule has 0 aliphatic heterocycles. The van der Waals surface area contributed by atoms with Gasteiger partial charge >= 0.3 is 0 Å². The largest absolute Gasteiger partial charge is 0.493 e. The van der Waals surface area contributed by atoms with Crippen LogP contribution >= 0.6 is 11.3 Å². The van der Waals surface area contributed by atoms with Crippen LogP contribution in [0.5, 0.6) is 11.5 Å². The maximum Gasteiger partial charge on any atom is 0.161 e. The lowest BCUT2D eigenvalue weighted by Crippen LogP contribution is -2.11. The monoisotopic (exact) mass is 292 g/mol. The first kappa shape index (κ1) is 14.8. The SMILES string of the molecule is CCNCc1ccc(OCc2cnc(C)s2)c(OC)c1. The Morgan fingerprint density at radius 2 is 2.15 bits per heavy atom. The number of thiazole rings is 1. The Bertz CT molecular complexity index is 555. The van der Waals surface area contributed by atoms with E-state index in [4.69, 9.17) is 9.47 Å². The Hall–Kier alpha value is -1.59. The lowest BCUT2D eigenvalue weighted by atomic mass is 10.2. The highest BCUT2D eigenvalue weighted by Crippen LogP contribution is 2.29. The molecule has 1 aromatic carbocycles. The molecule has 0 aliphatic rings. The number of aromatic nitrogens is 1. The minimum atomic E-state index is 0.522. The van der Waals surface area contributed by atoms with Crippen molar-refractivity contribution in [1.29, 1.82) is 0 Å². The minimum Gasteiger partial charge on any atom is -0.493 e. The van der Waals surface area contributed by atoms with Gasteiger partial charge in [0.05, 0.1) is 17.0 Å². The van der Waals surface area contributed by atoms with Crippen LogP contribution < -0.4 is 14.8 Å². The molecule has 2 rings (SSSR count). The number of hydrogen-bond acceptors (Lipinski definition) is 5. The van der Waals surface area contributed by atoms with E-state index in [1.54, 1.807) is 18.4 Å². The fourth-order valence-corrected chi connectivity index (χ4v) is 2.54. The molecule has 4 nitrogen and oxygen atoms in total. The van der Waals surface area contributed by atoms with Crippen molar-refractivity contribution in [3.63, 3.8) is 0 Å². The standard InChI is InChI=1S/C15H20N2O2S/c1-4-16-8-12-5-6-14(15(7-12)18-3)19-10-13-9-17-11(2)20-13/h5-7,9,16H,4,8,10H2,1-3H3. The number of benzene rings is 1. The molecule has 5 heteroatoms. The number of aryl methyl sites for hydroxylation is 1. The average Bonchev–Trinajstić information content (AvgIpc) is 2.88. The van der Waals surface area contributed by atoms with Gasteiger partial charge in [0.15, 0.2) is 11.5 Å². The van der Waals surface area contributed by atoms with Crippen LogP contribution in [-0.2, 0) is 13.2 Å². The van der Waals surface area contributed by atoms with Crippen molar-refractivity contribution in [3.05, 3.63) is 39.8 Å². The van der Waals surface area contributed by atoms with Crippen LogP contribution in [0, 0.1) is 6.92 Å². The van der Waals surface area contributed by atoms with Crippen molar-refractivity contribution in [2.75, 3.05) is 13.7 Å². The Balaban J connectivity index is 2.03. The van der Waals surface area contributed by atoms with Crippen molar-refractivity contribution < 1.29 is 9.47 Å². The summed E-state index contributed by atoms with van der Waals surface area (Å²) in [5.74, 6) is 1.53. The molecule has 108 valence electrons. The molecule has 0 spiro atoms. The van der Waals surface area contributed by atoms with Gasteiger partial charge in [-0.15, -0.1) is 11.3 Å². The summed E-state index contributed by atoms with van der Waals surface area (Å²) in [4.78, 5) is 5.33. The third kappa shape index (κ3) is 3.95. The van der Waals surface area contributed by atoms with Gasteiger partial charge in [-0.25, -0.2) is 4.98 Å². The molecule has 0 radical (unpaired) electrons. The molecule has 2 aromatic rings. The van der Waals surface area contributed by atoms with E-state index in [-0.39, 0.29) is 0 Å². The molecule has 0 fully saturated rings. The quantitative estimate of drug-likeness (QED) is 0.851. The normalized spacial score (nSPS) is 10.6. The van der Waals surface area contributed by atoms with Crippen molar-refractivity contribution in [2.45, 2.75) is 27.0 Å². The van der Waals surface area contributed by atoms with Gasteiger partial charge in [-0.2, -0.15) is 0 Å². The van der Waals surface area contributed by atoms with Gasteiger partial charge in [0.1, 0.15) is 6.61 Å². The van der Waals surface area contributed by atoms with Gasteiger partial charge in [-0.1, -0.05) is 13.0 Å². The predicted molar refractivity (Wildman–Crippen MR) is 81.6 cm³/mol. The predicted octanol–water partition coefficient (Wildman–Crippen LogP) is 3.15. The molecular formula is C15H20N2O2S. The smallest absolute Gasteiger partial charge is 0.161 e. The molecule has 0 amide bonds. The number of nitrogens with one attached hydrogen (secondary N) is 1. The van der Waals surface area contributed by atoms with Gasteiger partial charge in [0, 0.05) is 12.7 Å². The summed E-state index contributed by atoms with van der Waals surface area (Å²) in [5.41, 5.74) is 1.18. The summed E-state index contributed by atoms with van der Waals surface area (Å²) < 4.78 is 11.2. The number of hydrogen-bond donors (Lipinski definition) is 1. The lowest BCUT2D eigenvalue weighted by Gasteiger charge is -2.11. The van der Waals surface area contributed by atoms with Crippen molar-refractivity contribution in [3.8, 4) is 11.5 Å². The molecule has 0 saturated carbocycles. The fraction of sp³-hybridized carbons (Fsp3) is 0.400. The topological polar surface area (TPSA) is 43.4 Å². The molecule has 1 N–H and O–H groups in total. The summed E-state index contributed by atoms with van der Waals surface area (Å²) in [6, 6.07) is 6.02. The van der Waals surface area contributed by atoms with Crippen LogP contribution in [0.2, 0.25) is 0 Å². The van der Waals surface area contributed by atoms with Crippen molar-refractivity contribution in [2.24, 2.45) is 0 Å². The number of methoxy groups -OCH3 is 1.